The van der Waals surface area contributed by atoms with Crippen LogP contribution in [-0.2, 0) is 0 Å². The van der Waals surface area contributed by atoms with E-state index < -0.39 is 6.04 Å². The van der Waals surface area contributed by atoms with Crippen LogP contribution in [0.25, 0.3) is 16.7 Å². The van der Waals surface area contributed by atoms with Crippen molar-refractivity contribution in [3.63, 3.8) is 0 Å². The SMILES string of the molecule is Cc1noc([C@@H](C)NC(=O)c2cc(C3=CC=C(F)CC3)c3nc(C(C)C)oc3c2)n1. The molecule has 0 saturated heterocycles. The summed E-state index contributed by atoms with van der Waals surface area (Å²) in [7, 11) is 0. The highest BCUT2D eigenvalue weighted by Crippen LogP contribution is 2.34. The molecule has 3 aromatic rings. The molecule has 0 aliphatic heterocycles. The standard InChI is InChI=1S/C22H23FN4O3/c1-11(2)21-26-19-17(14-5-7-16(23)8-6-14)9-15(10-18(19)29-21)20(28)24-12(3)22-25-13(4)27-30-22/h5,7,9-12H,6,8H2,1-4H3,(H,24,28)/t12-/m1/s1. The molecule has 0 spiro atoms. The average molecular weight is 410 g/mol. The lowest BCUT2D eigenvalue weighted by molar-refractivity contribution is 0.0932. The number of amides is 1. The van der Waals surface area contributed by atoms with Crippen molar-refractivity contribution in [2.24, 2.45) is 0 Å². The van der Waals surface area contributed by atoms with Gasteiger partial charge in [-0.15, -0.1) is 0 Å². The minimum atomic E-state index is -0.454. The molecule has 8 heteroatoms. The Bertz CT molecular complexity index is 1170. The Morgan fingerprint density at radius 3 is 2.57 bits per heavy atom. The molecule has 156 valence electrons. The first kappa shape index (κ1) is 20.0. The summed E-state index contributed by atoms with van der Waals surface area (Å²) in [6, 6.07) is 3.00. The van der Waals surface area contributed by atoms with Gasteiger partial charge in [-0.25, -0.2) is 9.37 Å². The first-order chi connectivity index (χ1) is 14.3. The third-order valence-corrected chi connectivity index (χ3v) is 4.97. The third kappa shape index (κ3) is 3.90. The molecule has 30 heavy (non-hydrogen) atoms. The highest BCUT2D eigenvalue weighted by Gasteiger charge is 2.22. The fraction of sp³-hybridized carbons (Fsp3) is 0.364. The topological polar surface area (TPSA) is 94.1 Å². The minimum Gasteiger partial charge on any atom is -0.440 e. The van der Waals surface area contributed by atoms with Crippen LogP contribution < -0.4 is 5.32 Å². The molecular formula is C22H23FN4O3. The number of benzene rings is 1. The highest BCUT2D eigenvalue weighted by atomic mass is 19.1. The van der Waals surface area contributed by atoms with Crippen LogP contribution in [0, 0.1) is 6.92 Å². The first-order valence-corrected chi connectivity index (χ1v) is 9.93. The Morgan fingerprint density at radius 2 is 1.93 bits per heavy atom. The molecule has 2 heterocycles. The van der Waals surface area contributed by atoms with E-state index in [0.29, 0.717) is 47.1 Å². The van der Waals surface area contributed by atoms with E-state index in [-0.39, 0.29) is 17.7 Å². The normalized spacial score (nSPS) is 15.3. The summed E-state index contributed by atoms with van der Waals surface area (Å²) in [6.45, 7) is 7.47. The summed E-state index contributed by atoms with van der Waals surface area (Å²) in [6.07, 6.45) is 4.06. The number of aromatic nitrogens is 3. The number of nitrogens with zero attached hydrogens (tertiary/aromatic N) is 3. The van der Waals surface area contributed by atoms with Crippen LogP contribution in [-0.4, -0.2) is 21.0 Å². The van der Waals surface area contributed by atoms with E-state index in [9.17, 15) is 9.18 Å². The van der Waals surface area contributed by atoms with E-state index in [1.165, 1.54) is 6.08 Å². The molecule has 7 nitrogen and oxygen atoms in total. The van der Waals surface area contributed by atoms with Crippen molar-refractivity contribution in [2.75, 3.05) is 0 Å². The zero-order valence-corrected chi connectivity index (χ0v) is 17.3. The van der Waals surface area contributed by atoms with Crippen molar-refractivity contribution >= 4 is 22.6 Å². The molecular weight excluding hydrogens is 387 g/mol. The summed E-state index contributed by atoms with van der Waals surface area (Å²) in [4.78, 5) is 21.7. The van der Waals surface area contributed by atoms with Gasteiger partial charge in [-0.2, -0.15) is 4.98 Å². The van der Waals surface area contributed by atoms with Gasteiger partial charge in [0, 0.05) is 23.5 Å². The number of carbonyl (C=O) groups excluding carboxylic acids is 1. The van der Waals surface area contributed by atoms with E-state index in [1.807, 2.05) is 13.8 Å². The Kier molecular flexibility index (Phi) is 5.24. The number of oxazole rings is 1. The van der Waals surface area contributed by atoms with Crippen LogP contribution in [0.4, 0.5) is 4.39 Å². The number of allylic oxidation sites excluding steroid dienone is 4. The average Bonchev–Trinajstić information content (AvgIpc) is 3.34. The van der Waals surface area contributed by atoms with Crippen molar-refractivity contribution in [3.8, 4) is 0 Å². The van der Waals surface area contributed by atoms with Gasteiger partial charge in [0.05, 0.1) is 0 Å². The molecule has 4 rings (SSSR count). The largest absolute Gasteiger partial charge is 0.440 e. The maximum absolute atomic E-state index is 13.5. The van der Waals surface area contributed by atoms with E-state index in [4.69, 9.17) is 8.94 Å². The molecule has 1 aromatic carbocycles. The van der Waals surface area contributed by atoms with Crippen LogP contribution in [0.1, 0.15) is 79.1 Å². The van der Waals surface area contributed by atoms with Gasteiger partial charge in [-0.05, 0) is 44.1 Å². The zero-order chi connectivity index (χ0) is 21.4. The fourth-order valence-corrected chi connectivity index (χ4v) is 3.34. The maximum atomic E-state index is 13.5. The van der Waals surface area contributed by atoms with Crippen LogP contribution in [0.3, 0.4) is 0 Å². The number of carbonyl (C=O) groups is 1. The predicted molar refractivity (Wildman–Crippen MR) is 109 cm³/mol. The third-order valence-electron chi connectivity index (χ3n) is 4.97. The molecule has 1 amide bonds. The van der Waals surface area contributed by atoms with Gasteiger partial charge in [0.15, 0.2) is 17.3 Å². The predicted octanol–water partition coefficient (Wildman–Crippen LogP) is 5.16. The number of aryl methyl sites for hydroxylation is 1. The van der Waals surface area contributed by atoms with Crippen LogP contribution in [0.5, 0.6) is 0 Å². The number of nitrogens with one attached hydrogen (secondary N) is 1. The summed E-state index contributed by atoms with van der Waals surface area (Å²) >= 11 is 0. The Morgan fingerprint density at radius 1 is 1.13 bits per heavy atom. The Hall–Kier alpha value is -3.29. The molecule has 1 aliphatic rings. The molecule has 2 aromatic heterocycles. The minimum absolute atomic E-state index is 0.0981. The van der Waals surface area contributed by atoms with Crippen LogP contribution in [0.15, 0.2) is 39.1 Å². The Labute approximate surface area is 173 Å². The van der Waals surface area contributed by atoms with Crippen molar-refractivity contribution in [2.45, 2.75) is 52.5 Å². The maximum Gasteiger partial charge on any atom is 0.252 e. The quantitative estimate of drug-likeness (QED) is 0.624. The molecule has 1 aliphatic carbocycles. The molecule has 0 unspecified atom stereocenters. The van der Waals surface area contributed by atoms with Gasteiger partial charge >= 0.3 is 0 Å². The monoisotopic (exact) mass is 410 g/mol. The van der Waals surface area contributed by atoms with Gasteiger partial charge in [0.1, 0.15) is 17.4 Å². The summed E-state index contributed by atoms with van der Waals surface area (Å²) in [5.74, 6) is 1.07. The molecule has 1 N–H and O–H groups in total. The van der Waals surface area contributed by atoms with E-state index in [1.54, 1.807) is 32.1 Å². The van der Waals surface area contributed by atoms with Crippen molar-refractivity contribution in [3.05, 3.63) is 58.8 Å². The van der Waals surface area contributed by atoms with E-state index in [0.717, 1.165) is 11.1 Å². The highest BCUT2D eigenvalue weighted by molar-refractivity contribution is 6.00. The molecule has 0 fully saturated rings. The molecule has 1 atom stereocenters. The van der Waals surface area contributed by atoms with Crippen molar-refractivity contribution < 1.29 is 18.1 Å². The molecule has 0 radical (unpaired) electrons. The second kappa shape index (κ2) is 7.85. The Balaban J connectivity index is 1.73. The number of rotatable bonds is 5. The summed E-state index contributed by atoms with van der Waals surface area (Å²) in [5, 5.41) is 6.62. The lowest BCUT2D eigenvalue weighted by Crippen LogP contribution is -2.27. The number of fused-ring (bicyclic) bond motifs is 1. The number of halogens is 1. The second-order valence-corrected chi connectivity index (χ2v) is 7.76. The van der Waals surface area contributed by atoms with Gasteiger partial charge in [-0.1, -0.05) is 25.1 Å². The summed E-state index contributed by atoms with van der Waals surface area (Å²) in [5.41, 5.74) is 3.32. The van der Waals surface area contributed by atoms with Gasteiger partial charge in [-0.3, -0.25) is 4.79 Å². The summed E-state index contributed by atoms with van der Waals surface area (Å²) < 4.78 is 24.6. The van der Waals surface area contributed by atoms with Crippen molar-refractivity contribution in [1.29, 1.82) is 0 Å². The smallest absolute Gasteiger partial charge is 0.252 e. The van der Waals surface area contributed by atoms with Crippen LogP contribution >= 0.6 is 0 Å². The number of hydrogen-bond donors (Lipinski definition) is 1. The molecule has 0 saturated carbocycles. The lowest BCUT2D eigenvalue weighted by atomic mass is 9.94. The fourth-order valence-electron chi connectivity index (χ4n) is 3.34. The number of hydrogen-bond acceptors (Lipinski definition) is 6. The first-order valence-electron chi connectivity index (χ1n) is 9.93. The van der Waals surface area contributed by atoms with E-state index >= 15 is 0 Å². The van der Waals surface area contributed by atoms with Gasteiger partial charge in [0.25, 0.3) is 5.91 Å². The van der Waals surface area contributed by atoms with Crippen LogP contribution in [0.2, 0.25) is 0 Å². The zero-order valence-electron chi connectivity index (χ0n) is 17.3. The van der Waals surface area contributed by atoms with Crippen molar-refractivity contribution in [1.82, 2.24) is 20.4 Å². The second-order valence-electron chi connectivity index (χ2n) is 7.76. The van der Waals surface area contributed by atoms with E-state index in [2.05, 4.69) is 20.4 Å². The van der Waals surface area contributed by atoms with Gasteiger partial charge in [0.2, 0.25) is 5.89 Å². The molecule has 0 bridgehead atoms. The lowest BCUT2D eigenvalue weighted by Gasteiger charge is -2.14. The van der Waals surface area contributed by atoms with Gasteiger partial charge < -0.3 is 14.3 Å².